The number of hydrazone groups is 1. The molecule has 1 aliphatic rings. The maximum atomic E-state index is 11.9. The molecule has 1 aromatic rings. The fraction of sp³-hybridized carbons (Fsp3) is 0.500. The molecule has 20 heavy (non-hydrogen) atoms. The van der Waals surface area contributed by atoms with E-state index in [1.807, 2.05) is 12.1 Å². The van der Waals surface area contributed by atoms with E-state index < -0.39 is 0 Å². The highest BCUT2D eigenvalue weighted by molar-refractivity contribution is 5.95. The van der Waals surface area contributed by atoms with Crippen molar-refractivity contribution in [2.45, 2.75) is 39.5 Å². The summed E-state index contributed by atoms with van der Waals surface area (Å²) in [5, 5.41) is 4.17. The second-order valence-corrected chi connectivity index (χ2v) is 5.56. The van der Waals surface area contributed by atoms with Gasteiger partial charge in [0.05, 0.1) is 6.61 Å². The lowest BCUT2D eigenvalue weighted by atomic mass is 10.2. The van der Waals surface area contributed by atoms with Crippen molar-refractivity contribution in [1.29, 1.82) is 0 Å². The highest BCUT2D eigenvalue weighted by Crippen LogP contribution is 2.15. The predicted molar refractivity (Wildman–Crippen MR) is 80.1 cm³/mol. The highest BCUT2D eigenvalue weighted by Gasteiger charge is 2.10. The second-order valence-electron chi connectivity index (χ2n) is 5.56. The summed E-state index contributed by atoms with van der Waals surface area (Å²) in [6, 6.07) is 7.17. The van der Waals surface area contributed by atoms with E-state index in [2.05, 4.69) is 24.4 Å². The van der Waals surface area contributed by atoms with Gasteiger partial charge in [-0.05, 0) is 55.9 Å². The first kappa shape index (κ1) is 14.6. The Morgan fingerprint density at radius 2 is 1.90 bits per heavy atom. The summed E-state index contributed by atoms with van der Waals surface area (Å²) in [6.45, 7) is 4.88. The summed E-state index contributed by atoms with van der Waals surface area (Å²) >= 11 is 0. The van der Waals surface area contributed by atoms with E-state index in [9.17, 15) is 4.79 Å². The molecule has 1 aromatic carbocycles. The van der Waals surface area contributed by atoms with Crippen molar-refractivity contribution < 1.29 is 9.53 Å². The van der Waals surface area contributed by atoms with Gasteiger partial charge in [-0.3, -0.25) is 4.79 Å². The summed E-state index contributed by atoms with van der Waals surface area (Å²) in [7, 11) is 0. The van der Waals surface area contributed by atoms with Crippen molar-refractivity contribution in [3.63, 3.8) is 0 Å². The first-order valence-electron chi connectivity index (χ1n) is 7.24. The first-order chi connectivity index (χ1) is 9.65. The third-order valence-electron chi connectivity index (χ3n) is 3.20. The monoisotopic (exact) mass is 274 g/mol. The molecule has 1 aliphatic carbocycles. The average Bonchev–Trinajstić information content (AvgIpc) is 2.96. The summed E-state index contributed by atoms with van der Waals surface area (Å²) in [6.07, 6.45) is 4.36. The molecule has 0 radical (unpaired) electrons. The molecule has 108 valence electrons. The van der Waals surface area contributed by atoms with Crippen LogP contribution in [0.25, 0.3) is 0 Å². The van der Waals surface area contributed by atoms with Crippen molar-refractivity contribution in [1.82, 2.24) is 5.43 Å². The van der Waals surface area contributed by atoms with Crippen LogP contribution in [0.3, 0.4) is 0 Å². The summed E-state index contributed by atoms with van der Waals surface area (Å²) in [5.41, 5.74) is 4.31. The number of nitrogens with zero attached hydrogens (tertiary/aromatic N) is 1. The van der Waals surface area contributed by atoms with Gasteiger partial charge in [0.25, 0.3) is 5.91 Å². The molecule has 0 unspecified atom stereocenters. The third kappa shape index (κ3) is 4.37. The molecular formula is C16H22N2O2. The van der Waals surface area contributed by atoms with Crippen molar-refractivity contribution in [3.05, 3.63) is 29.8 Å². The molecular weight excluding hydrogens is 252 g/mol. The Bertz CT molecular complexity index is 470. The van der Waals surface area contributed by atoms with Crippen LogP contribution in [0, 0.1) is 5.92 Å². The summed E-state index contributed by atoms with van der Waals surface area (Å²) in [5.74, 6) is 1.11. The number of nitrogens with one attached hydrogen (secondary N) is 1. The van der Waals surface area contributed by atoms with Crippen LogP contribution in [0.2, 0.25) is 0 Å². The lowest BCUT2D eigenvalue weighted by Gasteiger charge is -2.08. The zero-order chi connectivity index (χ0) is 14.4. The van der Waals surface area contributed by atoms with Gasteiger partial charge in [-0.15, -0.1) is 0 Å². The number of ether oxygens (including phenoxy) is 1. The molecule has 4 heteroatoms. The van der Waals surface area contributed by atoms with E-state index in [0.717, 1.165) is 24.3 Å². The predicted octanol–water partition coefficient (Wildman–Crippen LogP) is 3.38. The van der Waals surface area contributed by atoms with Crippen LogP contribution in [0.5, 0.6) is 5.75 Å². The van der Waals surface area contributed by atoms with Gasteiger partial charge in [0.2, 0.25) is 0 Å². The molecule has 1 amide bonds. The Kier molecular flexibility index (Phi) is 5.16. The molecule has 0 spiro atoms. The number of carbonyl (C=O) groups is 1. The Morgan fingerprint density at radius 3 is 2.50 bits per heavy atom. The standard InChI is InChI=1S/C16H22N2O2/c1-12(2)11-20-15-9-7-13(8-10-15)16(19)18-17-14-5-3-4-6-14/h7-10,12H,3-6,11H2,1-2H3,(H,18,19). The number of benzene rings is 1. The van der Waals surface area contributed by atoms with Crippen LogP contribution in [0.1, 0.15) is 49.9 Å². The molecule has 2 rings (SSSR count). The molecule has 0 saturated heterocycles. The van der Waals surface area contributed by atoms with Gasteiger partial charge in [-0.1, -0.05) is 13.8 Å². The maximum Gasteiger partial charge on any atom is 0.271 e. The molecule has 0 bridgehead atoms. The van der Waals surface area contributed by atoms with Crippen molar-refractivity contribution in [2.75, 3.05) is 6.61 Å². The fourth-order valence-electron chi connectivity index (χ4n) is 2.05. The van der Waals surface area contributed by atoms with Crippen LogP contribution < -0.4 is 10.2 Å². The van der Waals surface area contributed by atoms with Gasteiger partial charge < -0.3 is 4.74 Å². The fourth-order valence-corrected chi connectivity index (χ4v) is 2.05. The molecule has 0 heterocycles. The van der Waals surface area contributed by atoms with Gasteiger partial charge in [-0.25, -0.2) is 5.43 Å². The van der Waals surface area contributed by atoms with E-state index in [-0.39, 0.29) is 5.91 Å². The molecule has 0 aliphatic heterocycles. The van der Waals surface area contributed by atoms with Crippen molar-refractivity contribution in [2.24, 2.45) is 11.0 Å². The van der Waals surface area contributed by atoms with E-state index in [1.54, 1.807) is 12.1 Å². The number of carbonyl (C=O) groups excluding carboxylic acids is 1. The maximum absolute atomic E-state index is 11.9. The van der Waals surface area contributed by atoms with Crippen LogP contribution >= 0.6 is 0 Å². The normalized spacial score (nSPS) is 14.4. The Morgan fingerprint density at radius 1 is 1.25 bits per heavy atom. The van der Waals surface area contributed by atoms with Gasteiger partial charge in [0, 0.05) is 11.3 Å². The van der Waals surface area contributed by atoms with Gasteiger partial charge >= 0.3 is 0 Å². The third-order valence-corrected chi connectivity index (χ3v) is 3.20. The SMILES string of the molecule is CC(C)COc1ccc(C(=O)NN=C2CCCC2)cc1. The molecule has 1 N–H and O–H groups in total. The minimum Gasteiger partial charge on any atom is -0.493 e. The minimum absolute atomic E-state index is 0.167. The second kappa shape index (κ2) is 7.08. The van der Waals surface area contributed by atoms with E-state index >= 15 is 0 Å². The Balaban J connectivity index is 1.88. The van der Waals surface area contributed by atoms with Crippen LogP contribution in [-0.4, -0.2) is 18.2 Å². The zero-order valence-electron chi connectivity index (χ0n) is 12.2. The van der Waals surface area contributed by atoms with Crippen molar-refractivity contribution >= 4 is 11.6 Å². The van der Waals surface area contributed by atoms with Crippen LogP contribution in [0.4, 0.5) is 0 Å². The quantitative estimate of drug-likeness (QED) is 0.837. The van der Waals surface area contributed by atoms with E-state index in [1.165, 1.54) is 12.8 Å². The van der Waals surface area contributed by atoms with Gasteiger partial charge in [-0.2, -0.15) is 5.10 Å². The number of rotatable bonds is 5. The Hall–Kier alpha value is -1.84. The summed E-state index contributed by atoms with van der Waals surface area (Å²) < 4.78 is 5.58. The van der Waals surface area contributed by atoms with Gasteiger partial charge in [0.1, 0.15) is 5.75 Å². The number of hydrogen-bond acceptors (Lipinski definition) is 3. The lowest BCUT2D eigenvalue weighted by molar-refractivity contribution is 0.0954. The minimum atomic E-state index is -0.167. The van der Waals surface area contributed by atoms with E-state index in [0.29, 0.717) is 18.1 Å². The molecule has 1 fully saturated rings. The van der Waals surface area contributed by atoms with Gasteiger partial charge in [0.15, 0.2) is 0 Å². The summed E-state index contributed by atoms with van der Waals surface area (Å²) in [4.78, 5) is 11.9. The van der Waals surface area contributed by atoms with Crippen LogP contribution in [0.15, 0.2) is 29.4 Å². The molecule has 0 aromatic heterocycles. The Labute approximate surface area is 120 Å². The topological polar surface area (TPSA) is 50.7 Å². The number of hydrogen-bond donors (Lipinski definition) is 1. The molecule has 0 atom stereocenters. The lowest BCUT2D eigenvalue weighted by Crippen LogP contribution is -2.19. The van der Waals surface area contributed by atoms with Crippen molar-refractivity contribution in [3.8, 4) is 5.75 Å². The zero-order valence-corrected chi connectivity index (χ0v) is 12.2. The average molecular weight is 274 g/mol. The highest BCUT2D eigenvalue weighted by atomic mass is 16.5. The van der Waals surface area contributed by atoms with E-state index in [4.69, 9.17) is 4.74 Å². The molecule has 1 saturated carbocycles. The largest absolute Gasteiger partial charge is 0.493 e. The first-order valence-corrected chi connectivity index (χ1v) is 7.24. The molecule has 4 nitrogen and oxygen atoms in total. The number of amides is 1. The van der Waals surface area contributed by atoms with Crippen LogP contribution in [-0.2, 0) is 0 Å². The smallest absolute Gasteiger partial charge is 0.271 e.